The molecule has 2 aromatic rings. The van der Waals surface area contributed by atoms with Crippen LogP contribution < -0.4 is 10.6 Å². The van der Waals surface area contributed by atoms with Crippen molar-refractivity contribution in [3.05, 3.63) is 52.6 Å². The smallest absolute Gasteiger partial charge is 0.257 e. The normalized spacial score (nSPS) is 10.3. The van der Waals surface area contributed by atoms with Gasteiger partial charge >= 0.3 is 0 Å². The summed E-state index contributed by atoms with van der Waals surface area (Å²) in [6, 6.07) is 11.1. The van der Waals surface area contributed by atoms with E-state index in [4.69, 9.17) is 0 Å². The average molecular weight is 362 g/mol. The zero-order valence-electron chi connectivity index (χ0n) is 12.6. The Morgan fingerprint density at radius 2 is 2.00 bits per heavy atom. The fourth-order valence-electron chi connectivity index (χ4n) is 1.98. The van der Waals surface area contributed by atoms with E-state index in [9.17, 15) is 4.79 Å². The molecular weight excluding hydrogens is 342 g/mol. The first-order valence-corrected chi connectivity index (χ1v) is 8.26. The summed E-state index contributed by atoms with van der Waals surface area (Å²) in [5.74, 6) is 0.630. The molecule has 2 N–H and O–H groups in total. The molecular formula is C17H20BrN3O. The van der Waals surface area contributed by atoms with E-state index in [0.29, 0.717) is 5.56 Å². The highest BCUT2D eigenvalue weighted by Crippen LogP contribution is 2.21. The van der Waals surface area contributed by atoms with Crippen LogP contribution in [0.1, 0.15) is 36.5 Å². The lowest BCUT2D eigenvalue weighted by atomic mass is 10.2. The summed E-state index contributed by atoms with van der Waals surface area (Å²) in [5, 5.41) is 6.11. The van der Waals surface area contributed by atoms with Crippen molar-refractivity contribution in [1.82, 2.24) is 4.98 Å². The van der Waals surface area contributed by atoms with Crippen LogP contribution in [-0.2, 0) is 0 Å². The molecule has 0 spiro atoms. The first kappa shape index (κ1) is 16.5. The first-order chi connectivity index (χ1) is 10.7. The van der Waals surface area contributed by atoms with Crippen LogP contribution in [0.4, 0.5) is 11.5 Å². The van der Waals surface area contributed by atoms with Crippen LogP contribution in [-0.4, -0.2) is 17.4 Å². The van der Waals surface area contributed by atoms with E-state index in [1.54, 1.807) is 12.3 Å². The third-order valence-electron chi connectivity index (χ3n) is 3.23. The van der Waals surface area contributed by atoms with Gasteiger partial charge in [-0.25, -0.2) is 4.98 Å². The Morgan fingerprint density at radius 3 is 2.68 bits per heavy atom. The van der Waals surface area contributed by atoms with Gasteiger partial charge in [0.15, 0.2) is 0 Å². The highest BCUT2D eigenvalue weighted by Gasteiger charge is 2.08. The number of unbranched alkanes of at least 4 members (excludes halogenated alkanes) is 2. The molecule has 0 aliphatic heterocycles. The molecule has 1 amide bonds. The van der Waals surface area contributed by atoms with Crippen LogP contribution in [0.15, 0.2) is 47.1 Å². The summed E-state index contributed by atoms with van der Waals surface area (Å²) in [4.78, 5) is 16.5. The summed E-state index contributed by atoms with van der Waals surface area (Å²) >= 11 is 3.41. The Balaban J connectivity index is 1.92. The first-order valence-electron chi connectivity index (χ1n) is 7.46. The predicted molar refractivity (Wildman–Crippen MR) is 94.3 cm³/mol. The van der Waals surface area contributed by atoms with Gasteiger partial charge in [-0.05, 0) is 46.6 Å². The van der Waals surface area contributed by atoms with Gasteiger partial charge in [-0.1, -0.05) is 31.9 Å². The van der Waals surface area contributed by atoms with Gasteiger partial charge in [-0.2, -0.15) is 0 Å². The molecule has 0 saturated heterocycles. The summed E-state index contributed by atoms with van der Waals surface area (Å²) in [7, 11) is 0. The molecule has 0 atom stereocenters. The second-order valence-electron chi connectivity index (χ2n) is 5.00. The zero-order chi connectivity index (χ0) is 15.8. The van der Waals surface area contributed by atoms with Crippen molar-refractivity contribution in [3.8, 4) is 0 Å². The molecule has 0 unspecified atom stereocenters. The Morgan fingerprint density at radius 1 is 1.18 bits per heavy atom. The monoisotopic (exact) mass is 361 g/mol. The lowest BCUT2D eigenvalue weighted by Gasteiger charge is -2.08. The maximum atomic E-state index is 12.2. The van der Waals surface area contributed by atoms with E-state index in [0.717, 1.165) is 28.9 Å². The second kappa shape index (κ2) is 8.54. The van der Waals surface area contributed by atoms with Gasteiger partial charge in [-0.15, -0.1) is 0 Å². The molecule has 22 heavy (non-hydrogen) atoms. The van der Waals surface area contributed by atoms with Crippen molar-refractivity contribution in [2.45, 2.75) is 26.2 Å². The van der Waals surface area contributed by atoms with Gasteiger partial charge in [0, 0.05) is 17.2 Å². The van der Waals surface area contributed by atoms with Gasteiger partial charge in [-0.3, -0.25) is 4.79 Å². The molecule has 0 radical (unpaired) electrons. The molecule has 0 fully saturated rings. The van der Waals surface area contributed by atoms with Gasteiger partial charge in [0.25, 0.3) is 5.91 Å². The summed E-state index contributed by atoms with van der Waals surface area (Å²) in [5.41, 5.74) is 1.28. The SMILES string of the molecule is CCCCCNc1ccc(C(=O)Nc2ccccc2Br)cn1. The van der Waals surface area contributed by atoms with Crippen LogP contribution in [0.2, 0.25) is 0 Å². The Kier molecular flexibility index (Phi) is 6.40. The van der Waals surface area contributed by atoms with Gasteiger partial charge in [0.05, 0.1) is 11.3 Å². The number of nitrogens with one attached hydrogen (secondary N) is 2. The third kappa shape index (κ3) is 4.84. The van der Waals surface area contributed by atoms with E-state index in [1.165, 1.54) is 12.8 Å². The number of carbonyl (C=O) groups is 1. The maximum Gasteiger partial charge on any atom is 0.257 e. The Bertz CT molecular complexity index is 614. The summed E-state index contributed by atoms with van der Waals surface area (Å²) in [6.45, 7) is 3.08. The molecule has 0 saturated carbocycles. The number of pyridine rings is 1. The number of rotatable bonds is 7. The van der Waals surface area contributed by atoms with E-state index in [1.807, 2.05) is 30.3 Å². The lowest BCUT2D eigenvalue weighted by Crippen LogP contribution is -2.13. The van der Waals surface area contributed by atoms with Gasteiger partial charge in [0.1, 0.15) is 5.82 Å². The van der Waals surface area contributed by atoms with Crippen molar-refractivity contribution < 1.29 is 4.79 Å². The average Bonchev–Trinajstić information content (AvgIpc) is 2.54. The molecule has 4 nitrogen and oxygen atoms in total. The number of hydrogen-bond donors (Lipinski definition) is 2. The maximum absolute atomic E-state index is 12.2. The van der Waals surface area contributed by atoms with E-state index < -0.39 is 0 Å². The molecule has 0 aliphatic carbocycles. The molecule has 0 aliphatic rings. The Labute approximate surface area is 139 Å². The standard InChI is InChI=1S/C17H20BrN3O/c1-2-3-6-11-19-16-10-9-13(12-20-16)17(22)21-15-8-5-4-7-14(15)18/h4-5,7-10,12H,2-3,6,11H2,1H3,(H,19,20)(H,21,22). The van der Waals surface area contributed by atoms with Crippen LogP contribution in [0.3, 0.4) is 0 Å². The number of halogens is 1. The molecule has 0 bridgehead atoms. The fraction of sp³-hybridized carbons (Fsp3) is 0.294. The number of anilines is 2. The number of carbonyl (C=O) groups excluding carboxylic acids is 1. The van der Waals surface area contributed by atoms with E-state index in [2.05, 4.69) is 38.5 Å². The Hall–Kier alpha value is -1.88. The topological polar surface area (TPSA) is 54.0 Å². The molecule has 5 heteroatoms. The molecule has 1 aromatic carbocycles. The molecule has 2 rings (SSSR count). The number of benzene rings is 1. The van der Waals surface area contributed by atoms with Crippen LogP contribution in [0, 0.1) is 0 Å². The van der Waals surface area contributed by atoms with Crippen molar-refractivity contribution in [3.63, 3.8) is 0 Å². The number of para-hydroxylation sites is 1. The minimum absolute atomic E-state index is 0.170. The summed E-state index contributed by atoms with van der Waals surface area (Å²) < 4.78 is 0.852. The fourth-order valence-corrected chi connectivity index (χ4v) is 2.37. The summed E-state index contributed by atoms with van der Waals surface area (Å²) in [6.07, 6.45) is 5.12. The molecule has 1 heterocycles. The largest absolute Gasteiger partial charge is 0.370 e. The lowest BCUT2D eigenvalue weighted by molar-refractivity contribution is 0.102. The van der Waals surface area contributed by atoms with Gasteiger partial charge in [0.2, 0.25) is 0 Å². The van der Waals surface area contributed by atoms with Crippen LogP contribution in [0.5, 0.6) is 0 Å². The van der Waals surface area contributed by atoms with Crippen LogP contribution >= 0.6 is 15.9 Å². The van der Waals surface area contributed by atoms with E-state index >= 15 is 0 Å². The highest BCUT2D eigenvalue weighted by atomic mass is 79.9. The highest BCUT2D eigenvalue weighted by molar-refractivity contribution is 9.10. The van der Waals surface area contributed by atoms with Crippen molar-refractivity contribution in [1.29, 1.82) is 0 Å². The number of amides is 1. The van der Waals surface area contributed by atoms with Crippen molar-refractivity contribution in [2.24, 2.45) is 0 Å². The van der Waals surface area contributed by atoms with Gasteiger partial charge < -0.3 is 10.6 Å². The predicted octanol–water partition coefficient (Wildman–Crippen LogP) is 4.70. The zero-order valence-corrected chi connectivity index (χ0v) is 14.2. The van der Waals surface area contributed by atoms with Crippen molar-refractivity contribution in [2.75, 3.05) is 17.2 Å². The van der Waals surface area contributed by atoms with Crippen molar-refractivity contribution >= 4 is 33.3 Å². The van der Waals surface area contributed by atoms with Crippen LogP contribution in [0.25, 0.3) is 0 Å². The van der Waals surface area contributed by atoms with E-state index in [-0.39, 0.29) is 5.91 Å². The number of hydrogen-bond acceptors (Lipinski definition) is 3. The third-order valence-corrected chi connectivity index (χ3v) is 3.93. The molecule has 1 aromatic heterocycles. The molecule has 116 valence electrons. The minimum atomic E-state index is -0.170. The quantitative estimate of drug-likeness (QED) is 0.702. The second-order valence-corrected chi connectivity index (χ2v) is 5.85. The minimum Gasteiger partial charge on any atom is -0.370 e. The number of aromatic nitrogens is 1. The number of nitrogens with zero attached hydrogens (tertiary/aromatic N) is 1.